The van der Waals surface area contributed by atoms with Crippen LogP contribution in [-0.2, 0) is 0 Å². The zero-order chi connectivity index (χ0) is 15.1. The maximum absolute atomic E-state index is 11.8. The highest BCUT2D eigenvalue weighted by molar-refractivity contribution is 5.91. The van der Waals surface area contributed by atoms with Gasteiger partial charge in [0.15, 0.2) is 11.2 Å². The topological polar surface area (TPSA) is 84.2 Å². The monoisotopic (exact) mass is 287 g/mol. The van der Waals surface area contributed by atoms with Crippen LogP contribution in [0, 0.1) is 6.92 Å². The first-order valence-electron chi connectivity index (χ1n) is 6.69. The van der Waals surface area contributed by atoms with Gasteiger partial charge in [-0.05, 0) is 25.5 Å². The molecule has 0 unspecified atom stereocenters. The Balaban J connectivity index is 1.73. The average molecular weight is 287 g/mol. The number of anilines is 1. The lowest BCUT2D eigenvalue weighted by Gasteiger charge is -2.07. The van der Waals surface area contributed by atoms with Crippen molar-refractivity contribution in [3.63, 3.8) is 0 Å². The molecule has 0 bridgehead atoms. The molecule has 0 aliphatic heterocycles. The van der Waals surface area contributed by atoms with E-state index in [1.54, 1.807) is 19.3 Å². The van der Waals surface area contributed by atoms with Crippen LogP contribution in [0.3, 0.4) is 0 Å². The van der Waals surface area contributed by atoms with Crippen LogP contribution >= 0.6 is 0 Å². The molecule has 2 heterocycles. The third-order valence-corrected chi connectivity index (χ3v) is 2.74. The van der Waals surface area contributed by atoms with Gasteiger partial charge in [-0.15, -0.1) is 0 Å². The van der Waals surface area contributed by atoms with E-state index in [0.717, 1.165) is 12.1 Å². The molecule has 0 aliphatic carbocycles. The number of nitrogens with one attached hydrogen (secondary N) is 2. The van der Waals surface area contributed by atoms with Crippen LogP contribution in [0.25, 0.3) is 0 Å². The van der Waals surface area contributed by atoms with Gasteiger partial charge in [-0.1, -0.05) is 0 Å². The number of nitrogens with zero attached hydrogens (tertiary/aromatic N) is 1. The third-order valence-electron chi connectivity index (χ3n) is 2.74. The Morgan fingerprint density at radius 1 is 1.33 bits per heavy atom. The van der Waals surface area contributed by atoms with Crippen molar-refractivity contribution in [2.75, 3.05) is 18.4 Å². The fraction of sp³-hybridized carbons (Fsp3) is 0.267. The Morgan fingerprint density at radius 3 is 2.90 bits per heavy atom. The predicted octanol–water partition coefficient (Wildman–Crippen LogP) is 1.58. The summed E-state index contributed by atoms with van der Waals surface area (Å²) in [6.07, 6.45) is 4.19. The fourth-order valence-corrected chi connectivity index (χ4v) is 1.79. The average Bonchev–Trinajstić information content (AvgIpc) is 2.47. The largest absolute Gasteiger partial charge is 0.456 e. The van der Waals surface area contributed by atoms with Crippen LogP contribution in [-0.4, -0.2) is 24.0 Å². The number of aromatic nitrogens is 1. The second-order valence-electron chi connectivity index (χ2n) is 4.55. The lowest BCUT2D eigenvalue weighted by molar-refractivity contribution is 0.0921. The molecule has 0 radical (unpaired) electrons. The first kappa shape index (κ1) is 14.8. The highest BCUT2D eigenvalue weighted by atomic mass is 16.3. The van der Waals surface area contributed by atoms with Crippen molar-refractivity contribution < 1.29 is 9.21 Å². The van der Waals surface area contributed by atoms with Gasteiger partial charge < -0.3 is 15.1 Å². The van der Waals surface area contributed by atoms with Crippen molar-refractivity contribution in [3.05, 3.63) is 58.4 Å². The van der Waals surface area contributed by atoms with E-state index >= 15 is 0 Å². The van der Waals surface area contributed by atoms with Crippen LogP contribution in [0.1, 0.15) is 22.7 Å². The van der Waals surface area contributed by atoms with E-state index in [0.29, 0.717) is 18.8 Å². The summed E-state index contributed by atoms with van der Waals surface area (Å²) in [5.74, 6) is 0.0864. The lowest BCUT2D eigenvalue weighted by atomic mass is 10.3. The molecular weight excluding hydrogens is 270 g/mol. The number of rotatable bonds is 6. The van der Waals surface area contributed by atoms with Gasteiger partial charge in [0.1, 0.15) is 5.76 Å². The zero-order valence-corrected chi connectivity index (χ0v) is 11.8. The molecule has 2 N–H and O–H groups in total. The molecule has 0 atom stereocenters. The molecule has 21 heavy (non-hydrogen) atoms. The van der Waals surface area contributed by atoms with E-state index in [9.17, 15) is 9.59 Å². The van der Waals surface area contributed by atoms with Gasteiger partial charge in [0.05, 0.1) is 5.69 Å². The number of aryl methyl sites for hydroxylation is 1. The normalized spacial score (nSPS) is 10.1. The minimum absolute atomic E-state index is 0.0419. The van der Waals surface area contributed by atoms with Crippen molar-refractivity contribution in [2.24, 2.45) is 0 Å². The van der Waals surface area contributed by atoms with E-state index in [1.807, 2.05) is 12.1 Å². The summed E-state index contributed by atoms with van der Waals surface area (Å²) in [5, 5.41) is 5.90. The van der Waals surface area contributed by atoms with Gasteiger partial charge in [0.2, 0.25) is 0 Å². The second kappa shape index (κ2) is 7.23. The molecule has 1 amide bonds. The van der Waals surface area contributed by atoms with Gasteiger partial charge in [-0.25, -0.2) is 0 Å². The summed E-state index contributed by atoms with van der Waals surface area (Å²) in [7, 11) is 0. The van der Waals surface area contributed by atoms with Crippen molar-refractivity contribution in [2.45, 2.75) is 13.3 Å². The summed E-state index contributed by atoms with van der Waals surface area (Å²) in [4.78, 5) is 27.1. The van der Waals surface area contributed by atoms with Crippen LogP contribution < -0.4 is 16.1 Å². The predicted molar refractivity (Wildman–Crippen MR) is 79.4 cm³/mol. The van der Waals surface area contributed by atoms with E-state index in [4.69, 9.17) is 4.42 Å². The summed E-state index contributed by atoms with van der Waals surface area (Å²) < 4.78 is 5.21. The van der Waals surface area contributed by atoms with Crippen LogP contribution in [0.4, 0.5) is 5.69 Å². The number of pyridine rings is 1. The van der Waals surface area contributed by atoms with Crippen LogP contribution in [0.2, 0.25) is 0 Å². The van der Waals surface area contributed by atoms with E-state index in [-0.39, 0.29) is 17.1 Å². The van der Waals surface area contributed by atoms with Crippen molar-refractivity contribution in [3.8, 4) is 0 Å². The number of hydrogen-bond donors (Lipinski definition) is 2. The molecule has 0 aromatic carbocycles. The lowest BCUT2D eigenvalue weighted by Crippen LogP contribution is -2.26. The molecule has 2 aromatic heterocycles. The first-order valence-corrected chi connectivity index (χ1v) is 6.69. The summed E-state index contributed by atoms with van der Waals surface area (Å²) in [6, 6.07) is 6.31. The Labute approximate surface area is 122 Å². The maximum Gasteiger partial charge on any atom is 0.287 e. The minimum Gasteiger partial charge on any atom is -0.456 e. The Kier molecular flexibility index (Phi) is 5.09. The quantitative estimate of drug-likeness (QED) is 0.788. The van der Waals surface area contributed by atoms with Crippen molar-refractivity contribution in [1.29, 1.82) is 0 Å². The smallest absolute Gasteiger partial charge is 0.287 e. The SMILES string of the molecule is Cc1cc(=O)cc(C(=O)NCCCNc2cccnc2)o1. The molecule has 110 valence electrons. The molecule has 0 saturated carbocycles. The molecule has 0 fully saturated rings. The zero-order valence-electron chi connectivity index (χ0n) is 11.8. The van der Waals surface area contributed by atoms with Gasteiger partial charge in [-0.3, -0.25) is 14.6 Å². The molecule has 6 nitrogen and oxygen atoms in total. The van der Waals surface area contributed by atoms with Gasteiger partial charge in [-0.2, -0.15) is 0 Å². The first-order chi connectivity index (χ1) is 10.1. The number of carbonyl (C=O) groups excluding carboxylic acids is 1. The second-order valence-corrected chi connectivity index (χ2v) is 4.55. The maximum atomic E-state index is 11.8. The number of hydrogen-bond acceptors (Lipinski definition) is 5. The Morgan fingerprint density at radius 2 is 2.19 bits per heavy atom. The van der Waals surface area contributed by atoms with Gasteiger partial charge >= 0.3 is 0 Å². The summed E-state index contributed by atoms with van der Waals surface area (Å²) in [5.41, 5.74) is 0.704. The van der Waals surface area contributed by atoms with Gasteiger partial charge in [0, 0.05) is 37.6 Å². The number of amides is 1. The van der Waals surface area contributed by atoms with Crippen LogP contribution in [0.5, 0.6) is 0 Å². The molecular formula is C15H17N3O3. The highest BCUT2D eigenvalue weighted by Crippen LogP contribution is 2.02. The molecule has 0 saturated heterocycles. The molecule has 2 aromatic rings. The third kappa shape index (κ3) is 4.76. The molecule has 2 rings (SSSR count). The highest BCUT2D eigenvalue weighted by Gasteiger charge is 2.09. The minimum atomic E-state index is -0.378. The summed E-state index contributed by atoms with van der Waals surface area (Å²) >= 11 is 0. The number of carbonyl (C=O) groups is 1. The van der Waals surface area contributed by atoms with E-state index < -0.39 is 0 Å². The Hall–Kier alpha value is -2.63. The fourth-order valence-electron chi connectivity index (χ4n) is 1.79. The van der Waals surface area contributed by atoms with Gasteiger partial charge in [0.25, 0.3) is 5.91 Å². The van der Waals surface area contributed by atoms with E-state index in [1.165, 1.54) is 12.1 Å². The van der Waals surface area contributed by atoms with E-state index in [2.05, 4.69) is 15.6 Å². The molecule has 0 aliphatic rings. The van der Waals surface area contributed by atoms with Crippen molar-refractivity contribution >= 4 is 11.6 Å². The Bertz CT molecular complexity index is 653. The molecule has 6 heteroatoms. The standard InChI is InChI=1S/C15H17N3O3/c1-11-8-13(19)9-14(21-11)15(20)18-7-3-6-17-12-4-2-5-16-10-12/h2,4-5,8-10,17H,3,6-7H2,1H3,(H,18,20). The van der Waals surface area contributed by atoms with Crippen molar-refractivity contribution in [1.82, 2.24) is 10.3 Å². The van der Waals surface area contributed by atoms with Crippen LogP contribution in [0.15, 0.2) is 45.9 Å². The summed E-state index contributed by atoms with van der Waals surface area (Å²) in [6.45, 7) is 2.84. The molecule has 0 spiro atoms.